The van der Waals surface area contributed by atoms with Gasteiger partial charge in [-0.3, -0.25) is 14.8 Å². The lowest BCUT2D eigenvalue weighted by Crippen LogP contribution is -2.31. The first-order valence-corrected chi connectivity index (χ1v) is 6.34. The van der Waals surface area contributed by atoms with Crippen molar-refractivity contribution in [3.8, 4) is 0 Å². The second-order valence-corrected chi connectivity index (χ2v) is 4.50. The van der Waals surface area contributed by atoms with Crippen LogP contribution in [0.5, 0.6) is 0 Å². The number of amides is 1. The van der Waals surface area contributed by atoms with Crippen LogP contribution in [0, 0.1) is 0 Å². The van der Waals surface area contributed by atoms with E-state index in [0.29, 0.717) is 5.69 Å². The molecule has 0 aromatic carbocycles. The van der Waals surface area contributed by atoms with E-state index < -0.39 is 0 Å². The van der Waals surface area contributed by atoms with Crippen LogP contribution in [0.2, 0.25) is 0 Å². The normalized spacial score (nSPS) is 18.5. The fraction of sp³-hybridized carbons (Fsp3) is 0.286. The van der Waals surface area contributed by atoms with Gasteiger partial charge in [-0.05, 0) is 25.0 Å². The fourth-order valence-electron chi connectivity index (χ4n) is 2.45. The van der Waals surface area contributed by atoms with Crippen molar-refractivity contribution in [2.24, 2.45) is 0 Å². The van der Waals surface area contributed by atoms with Crippen LogP contribution in [0.1, 0.15) is 35.1 Å². The summed E-state index contributed by atoms with van der Waals surface area (Å²) in [6.45, 7) is 0.747. The highest BCUT2D eigenvalue weighted by molar-refractivity contribution is 5.92. The molecule has 1 atom stereocenters. The predicted molar refractivity (Wildman–Crippen MR) is 69.3 cm³/mol. The van der Waals surface area contributed by atoms with Crippen molar-refractivity contribution in [1.82, 2.24) is 19.9 Å². The number of likely N-dealkylation sites (tertiary alicyclic amines) is 1. The van der Waals surface area contributed by atoms with Gasteiger partial charge in [-0.2, -0.15) is 0 Å². The number of rotatable bonds is 2. The van der Waals surface area contributed by atoms with Crippen molar-refractivity contribution in [2.45, 2.75) is 18.9 Å². The molecule has 0 radical (unpaired) electrons. The summed E-state index contributed by atoms with van der Waals surface area (Å²) in [5.41, 5.74) is 1.34. The molecule has 19 heavy (non-hydrogen) atoms. The minimum atomic E-state index is -0.0683. The summed E-state index contributed by atoms with van der Waals surface area (Å²) in [7, 11) is 0. The van der Waals surface area contributed by atoms with Gasteiger partial charge in [0.25, 0.3) is 5.91 Å². The predicted octanol–water partition coefficient (Wildman–Crippen LogP) is 1.85. The third-order valence-corrected chi connectivity index (χ3v) is 3.33. The van der Waals surface area contributed by atoms with Crippen molar-refractivity contribution >= 4 is 5.91 Å². The molecule has 1 unspecified atom stereocenters. The molecule has 3 rings (SSSR count). The van der Waals surface area contributed by atoms with E-state index in [1.54, 1.807) is 18.6 Å². The highest BCUT2D eigenvalue weighted by atomic mass is 16.2. The molecular weight excluding hydrogens is 240 g/mol. The maximum atomic E-state index is 12.4. The first kappa shape index (κ1) is 11.8. The molecule has 1 aliphatic heterocycles. The highest BCUT2D eigenvalue weighted by Crippen LogP contribution is 2.31. The lowest BCUT2D eigenvalue weighted by molar-refractivity contribution is 0.0726. The minimum absolute atomic E-state index is 0.0516. The second kappa shape index (κ2) is 5.14. The molecule has 0 spiro atoms. The van der Waals surface area contributed by atoms with Crippen LogP contribution in [0.3, 0.4) is 0 Å². The third kappa shape index (κ3) is 2.31. The van der Waals surface area contributed by atoms with Crippen LogP contribution in [-0.4, -0.2) is 32.3 Å². The first-order chi connectivity index (χ1) is 9.36. The molecule has 0 bridgehead atoms. The topological polar surface area (TPSA) is 59.0 Å². The minimum Gasteiger partial charge on any atom is -0.329 e. The van der Waals surface area contributed by atoms with Crippen molar-refractivity contribution in [3.05, 3.63) is 54.4 Å². The van der Waals surface area contributed by atoms with Gasteiger partial charge in [-0.1, -0.05) is 6.07 Å². The summed E-state index contributed by atoms with van der Waals surface area (Å²) in [5, 5.41) is 0. The van der Waals surface area contributed by atoms with Crippen molar-refractivity contribution < 1.29 is 4.79 Å². The van der Waals surface area contributed by atoms with Gasteiger partial charge in [0.1, 0.15) is 5.69 Å². The molecule has 1 fully saturated rings. The summed E-state index contributed by atoms with van der Waals surface area (Å²) in [4.78, 5) is 26.6. The third-order valence-electron chi connectivity index (χ3n) is 3.33. The molecule has 2 aromatic rings. The molecule has 2 aromatic heterocycles. The summed E-state index contributed by atoms with van der Waals surface area (Å²) >= 11 is 0. The quantitative estimate of drug-likeness (QED) is 0.820. The molecular formula is C14H14N4O. The lowest BCUT2D eigenvalue weighted by atomic mass is 10.1. The van der Waals surface area contributed by atoms with Gasteiger partial charge in [0, 0.05) is 25.1 Å². The van der Waals surface area contributed by atoms with E-state index in [2.05, 4.69) is 15.0 Å². The first-order valence-electron chi connectivity index (χ1n) is 6.34. The summed E-state index contributed by atoms with van der Waals surface area (Å²) in [6, 6.07) is 5.85. The van der Waals surface area contributed by atoms with Crippen LogP contribution >= 0.6 is 0 Å². The standard InChI is InChI=1S/C14H14N4O/c19-14(12-10-15-7-8-17-12)18-9-3-5-13(18)11-4-1-2-6-16-11/h1-2,4,6-8,10,13H,3,5,9H2. The van der Waals surface area contributed by atoms with Crippen LogP contribution < -0.4 is 0 Å². The largest absolute Gasteiger partial charge is 0.329 e. The van der Waals surface area contributed by atoms with Gasteiger partial charge in [0.2, 0.25) is 0 Å². The Labute approximate surface area is 111 Å². The van der Waals surface area contributed by atoms with Crippen LogP contribution in [-0.2, 0) is 0 Å². The molecule has 0 aliphatic carbocycles. The molecule has 0 saturated carbocycles. The Balaban J connectivity index is 1.86. The maximum Gasteiger partial charge on any atom is 0.274 e. The Morgan fingerprint density at radius 3 is 2.89 bits per heavy atom. The summed E-state index contributed by atoms with van der Waals surface area (Å²) < 4.78 is 0. The SMILES string of the molecule is O=C(c1cnccn1)N1CCCC1c1ccccn1. The Morgan fingerprint density at radius 1 is 1.21 bits per heavy atom. The molecule has 3 heterocycles. The second-order valence-electron chi connectivity index (χ2n) is 4.50. The van der Waals surface area contributed by atoms with Gasteiger partial charge in [-0.25, -0.2) is 4.98 Å². The molecule has 1 amide bonds. The van der Waals surface area contributed by atoms with Gasteiger partial charge in [0.05, 0.1) is 17.9 Å². The smallest absolute Gasteiger partial charge is 0.274 e. The van der Waals surface area contributed by atoms with E-state index in [1.807, 2.05) is 23.1 Å². The van der Waals surface area contributed by atoms with Crippen LogP contribution in [0.25, 0.3) is 0 Å². The molecule has 96 valence electrons. The summed E-state index contributed by atoms with van der Waals surface area (Å²) in [6.07, 6.45) is 8.32. The van der Waals surface area contributed by atoms with E-state index in [-0.39, 0.29) is 11.9 Å². The van der Waals surface area contributed by atoms with E-state index in [1.165, 1.54) is 6.20 Å². The average molecular weight is 254 g/mol. The van der Waals surface area contributed by atoms with Crippen LogP contribution in [0.15, 0.2) is 43.0 Å². The molecule has 0 N–H and O–H groups in total. The number of pyridine rings is 1. The van der Waals surface area contributed by atoms with Gasteiger partial charge in [-0.15, -0.1) is 0 Å². The highest BCUT2D eigenvalue weighted by Gasteiger charge is 2.31. The fourth-order valence-corrected chi connectivity index (χ4v) is 2.45. The maximum absolute atomic E-state index is 12.4. The van der Waals surface area contributed by atoms with E-state index >= 15 is 0 Å². The van der Waals surface area contributed by atoms with Crippen LogP contribution in [0.4, 0.5) is 0 Å². The zero-order valence-corrected chi connectivity index (χ0v) is 10.4. The summed E-state index contributed by atoms with van der Waals surface area (Å²) in [5.74, 6) is -0.0683. The number of hydrogen-bond donors (Lipinski definition) is 0. The molecule has 5 heteroatoms. The number of hydrogen-bond acceptors (Lipinski definition) is 4. The lowest BCUT2D eigenvalue weighted by Gasteiger charge is -2.23. The Kier molecular flexibility index (Phi) is 3.18. The van der Waals surface area contributed by atoms with Crippen molar-refractivity contribution in [3.63, 3.8) is 0 Å². The monoisotopic (exact) mass is 254 g/mol. The Morgan fingerprint density at radius 2 is 2.16 bits per heavy atom. The number of aromatic nitrogens is 3. The zero-order chi connectivity index (χ0) is 13.1. The Hall–Kier alpha value is -2.30. The number of carbonyl (C=O) groups excluding carboxylic acids is 1. The molecule has 1 aliphatic rings. The average Bonchev–Trinajstić information content (AvgIpc) is 2.98. The van der Waals surface area contributed by atoms with Gasteiger partial charge in [0.15, 0.2) is 0 Å². The van der Waals surface area contributed by atoms with Gasteiger partial charge >= 0.3 is 0 Å². The Bertz CT molecular complexity index is 558. The zero-order valence-electron chi connectivity index (χ0n) is 10.4. The number of carbonyl (C=O) groups is 1. The van der Waals surface area contributed by atoms with E-state index in [4.69, 9.17) is 0 Å². The molecule has 1 saturated heterocycles. The number of nitrogens with zero attached hydrogens (tertiary/aromatic N) is 4. The molecule has 5 nitrogen and oxygen atoms in total. The van der Waals surface area contributed by atoms with E-state index in [0.717, 1.165) is 25.1 Å². The van der Waals surface area contributed by atoms with Crippen molar-refractivity contribution in [2.75, 3.05) is 6.54 Å². The van der Waals surface area contributed by atoms with E-state index in [9.17, 15) is 4.79 Å². The van der Waals surface area contributed by atoms with Crippen molar-refractivity contribution in [1.29, 1.82) is 0 Å². The van der Waals surface area contributed by atoms with Gasteiger partial charge < -0.3 is 4.90 Å².